The Morgan fingerprint density at radius 3 is 2.79 bits per heavy atom. The van der Waals surface area contributed by atoms with Crippen molar-refractivity contribution in [1.82, 2.24) is 15.0 Å². The Morgan fingerprint density at radius 2 is 2.00 bits per heavy atom. The first-order chi connectivity index (χ1) is 16.7. The second kappa shape index (κ2) is 8.44. The fourth-order valence-electron chi connectivity index (χ4n) is 4.23. The number of oxazole rings is 1. The lowest BCUT2D eigenvalue weighted by molar-refractivity contribution is -0.150. The number of rotatable bonds is 5. The smallest absolute Gasteiger partial charge is 0.334 e. The number of anilines is 1. The quantitative estimate of drug-likeness (QED) is 0.375. The number of hydrogen-bond acceptors (Lipinski definition) is 7. The molecule has 0 spiro atoms. The van der Waals surface area contributed by atoms with Gasteiger partial charge in [0.05, 0.1) is 29.9 Å². The summed E-state index contributed by atoms with van der Waals surface area (Å²) in [6, 6.07) is 16.3. The van der Waals surface area contributed by atoms with Crippen molar-refractivity contribution in [3.8, 4) is 33.0 Å². The van der Waals surface area contributed by atoms with Crippen molar-refractivity contribution in [2.75, 3.05) is 24.6 Å². The number of fused-ring (bicyclic) bond motifs is 1. The first-order valence-corrected chi connectivity index (χ1v) is 11.6. The molecule has 0 saturated carbocycles. The van der Waals surface area contributed by atoms with Crippen LogP contribution in [0.15, 0.2) is 71.7 Å². The molecule has 2 aromatic carbocycles. The maximum atomic E-state index is 11.5. The molecule has 0 amide bonds. The summed E-state index contributed by atoms with van der Waals surface area (Å²) in [5, 5.41) is 11.3. The number of aromatic amines is 1. The highest BCUT2D eigenvalue weighted by Gasteiger charge is 2.29. The molecule has 6 rings (SSSR count). The summed E-state index contributed by atoms with van der Waals surface area (Å²) < 4.78 is 10.8. The predicted octanol–water partition coefficient (Wildman–Crippen LogP) is 4.90. The van der Waals surface area contributed by atoms with Crippen LogP contribution in [0.4, 0.5) is 5.13 Å². The standard InChI is InChI=1S/C25H20N4O4S/c30-24(31)21-13-29(10-11-32-21)25-28-22(16-6-4-15(5-7-16)20-12-26-14-33-20)23(34-25)18-2-1-3-19-17(18)8-9-27-19/h1-9,12,14,21,27H,10-11,13H2,(H,30,31). The van der Waals surface area contributed by atoms with E-state index < -0.39 is 12.1 Å². The lowest BCUT2D eigenvalue weighted by Crippen LogP contribution is -2.46. The minimum Gasteiger partial charge on any atom is -0.479 e. The van der Waals surface area contributed by atoms with Gasteiger partial charge in [0, 0.05) is 40.3 Å². The zero-order valence-electron chi connectivity index (χ0n) is 18.0. The molecule has 170 valence electrons. The number of morpholine rings is 1. The number of thiazole rings is 1. The number of H-pyrrole nitrogens is 1. The van der Waals surface area contributed by atoms with Crippen molar-refractivity contribution in [3.05, 3.63) is 67.3 Å². The van der Waals surface area contributed by atoms with E-state index in [1.807, 2.05) is 47.5 Å². The van der Waals surface area contributed by atoms with Crippen molar-refractivity contribution >= 4 is 33.3 Å². The summed E-state index contributed by atoms with van der Waals surface area (Å²) in [4.78, 5) is 26.8. The number of carboxylic acid groups (broad SMARTS) is 1. The van der Waals surface area contributed by atoms with Gasteiger partial charge in [-0.1, -0.05) is 47.7 Å². The van der Waals surface area contributed by atoms with E-state index in [4.69, 9.17) is 14.1 Å². The van der Waals surface area contributed by atoms with E-state index in [-0.39, 0.29) is 6.54 Å². The van der Waals surface area contributed by atoms with Crippen LogP contribution >= 0.6 is 11.3 Å². The molecule has 3 aromatic heterocycles. The highest BCUT2D eigenvalue weighted by atomic mass is 32.1. The molecule has 8 nitrogen and oxygen atoms in total. The first kappa shape index (κ1) is 20.6. The largest absolute Gasteiger partial charge is 0.479 e. The van der Waals surface area contributed by atoms with E-state index >= 15 is 0 Å². The van der Waals surface area contributed by atoms with Crippen LogP contribution in [0.25, 0.3) is 43.9 Å². The number of aliphatic carboxylic acids is 1. The predicted molar refractivity (Wildman–Crippen MR) is 130 cm³/mol. The molecule has 1 fully saturated rings. The number of benzene rings is 2. The third-order valence-corrected chi connectivity index (χ3v) is 7.09. The summed E-state index contributed by atoms with van der Waals surface area (Å²) in [5.74, 6) is -0.252. The van der Waals surface area contributed by atoms with Gasteiger partial charge in [-0.25, -0.2) is 14.8 Å². The highest BCUT2D eigenvalue weighted by Crippen LogP contribution is 2.43. The number of carbonyl (C=O) groups is 1. The van der Waals surface area contributed by atoms with Crippen LogP contribution in [0.1, 0.15) is 0 Å². The van der Waals surface area contributed by atoms with Crippen LogP contribution in [0.5, 0.6) is 0 Å². The number of hydrogen-bond donors (Lipinski definition) is 2. The second-order valence-electron chi connectivity index (χ2n) is 8.01. The van der Waals surface area contributed by atoms with Gasteiger partial charge < -0.3 is 24.1 Å². The van der Waals surface area contributed by atoms with Gasteiger partial charge >= 0.3 is 5.97 Å². The third-order valence-electron chi connectivity index (χ3n) is 5.94. The summed E-state index contributed by atoms with van der Waals surface area (Å²) in [7, 11) is 0. The summed E-state index contributed by atoms with van der Waals surface area (Å²) in [5.41, 5.74) is 4.90. The van der Waals surface area contributed by atoms with Crippen molar-refractivity contribution in [2.45, 2.75) is 6.10 Å². The molecule has 4 heterocycles. The van der Waals surface area contributed by atoms with Gasteiger partial charge in [0.25, 0.3) is 0 Å². The number of ether oxygens (including phenoxy) is 1. The Morgan fingerprint density at radius 1 is 1.15 bits per heavy atom. The Labute approximate surface area is 198 Å². The van der Waals surface area contributed by atoms with E-state index in [0.29, 0.717) is 18.9 Å². The minimum atomic E-state index is -0.957. The van der Waals surface area contributed by atoms with Crippen molar-refractivity contribution in [3.63, 3.8) is 0 Å². The number of carboxylic acids is 1. The van der Waals surface area contributed by atoms with Crippen LogP contribution < -0.4 is 4.90 Å². The van der Waals surface area contributed by atoms with Crippen LogP contribution in [-0.2, 0) is 9.53 Å². The summed E-state index contributed by atoms with van der Waals surface area (Å²) >= 11 is 1.57. The Bertz CT molecular complexity index is 1460. The van der Waals surface area contributed by atoms with Crippen LogP contribution in [0, 0.1) is 0 Å². The van der Waals surface area contributed by atoms with Crippen LogP contribution in [0.2, 0.25) is 0 Å². The zero-order valence-corrected chi connectivity index (χ0v) is 18.8. The molecule has 1 aliphatic heterocycles. The van der Waals surface area contributed by atoms with Gasteiger partial charge in [-0.05, 0) is 12.1 Å². The molecule has 1 aliphatic rings. The van der Waals surface area contributed by atoms with Crippen molar-refractivity contribution < 1.29 is 19.1 Å². The molecule has 1 unspecified atom stereocenters. The number of nitrogens with zero attached hydrogens (tertiary/aromatic N) is 3. The highest BCUT2D eigenvalue weighted by molar-refractivity contribution is 7.19. The normalized spacial score (nSPS) is 16.2. The average molecular weight is 473 g/mol. The van der Waals surface area contributed by atoms with Gasteiger partial charge in [0.2, 0.25) is 0 Å². The maximum Gasteiger partial charge on any atom is 0.334 e. The van der Waals surface area contributed by atoms with Gasteiger partial charge in [-0.2, -0.15) is 0 Å². The zero-order chi connectivity index (χ0) is 23.1. The van der Waals surface area contributed by atoms with Crippen molar-refractivity contribution in [2.24, 2.45) is 0 Å². The average Bonchev–Trinajstić information content (AvgIpc) is 3.65. The molecular weight excluding hydrogens is 452 g/mol. The van der Waals surface area contributed by atoms with E-state index in [0.717, 1.165) is 43.3 Å². The number of aromatic nitrogens is 3. The van der Waals surface area contributed by atoms with E-state index in [1.165, 1.54) is 6.39 Å². The molecule has 0 radical (unpaired) electrons. The second-order valence-corrected chi connectivity index (χ2v) is 8.98. The first-order valence-electron chi connectivity index (χ1n) is 10.8. The number of nitrogens with one attached hydrogen (secondary N) is 1. The van der Waals surface area contributed by atoms with Gasteiger partial charge in [0.1, 0.15) is 0 Å². The van der Waals surface area contributed by atoms with Gasteiger partial charge in [-0.15, -0.1) is 0 Å². The Kier molecular flexibility index (Phi) is 5.12. The molecule has 1 atom stereocenters. The topological polar surface area (TPSA) is 104 Å². The summed E-state index contributed by atoms with van der Waals surface area (Å²) in [6.07, 6.45) is 4.17. The maximum absolute atomic E-state index is 11.5. The molecule has 0 aliphatic carbocycles. The van der Waals surface area contributed by atoms with E-state index in [1.54, 1.807) is 17.5 Å². The Hall–Kier alpha value is -3.95. The lowest BCUT2D eigenvalue weighted by atomic mass is 10.0. The molecule has 5 aromatic rings. The molecular formula is C25H20N4O4S. The van der Waals surface area contributed by atoms with Gasteiger partial charge in [-0.3, -0.25) is 0 Å². The van der Waals surface area contributed by atoms with Gasteiger partial charge in [0.15, 0.2) is 23.4 Å². The molecule has 2 N–H and O–H groups in total. The monoisotopic (exact) mass is 472 g/mol. The molecule has 34 heavy (non-hydrogen) atoms. The lowest BCUT2D eigenvalue weighted by Gasteiger charge is -2.30. The fraction of sp³-hybridized carbons (Fsp3) is 0.160. The summed E-state index contributed by atoms with van der Waals surface area (Å²) in [6.45, 7) is 1.20. The molecule has 1 saturated heterocycles. The van der Waals surface area contributed by atoms with E-state index in [2.05, 4.69) is 22.1 Å². The SMILES string of the molecule is O=C(O)C1CN(c2nc(-c3ccc(-c4cnco4)cc3)c(-c3cccc4[nH]ccc34)s2)CCO1. The Balaban J connectivity index is 1.46. The van der Waals surface area contributed by atoms with Crippen molar-refractivity contribution in [1.29, 1.82) is 0 Å². The minimum absolute atomic E-state index is 0.264. The van der Waals surface area contributed by atoms with E-state index in [9.17, 15) is 9.90 Å². The molecule has 0 bridgehead atoms. The van der Waals surface area contributed by atoms with Crippen LogP contribution in [-0.4, -0.2) is 51.8 Å². The van der Waals surface area contributed by atoms with Crippen LogP contribution in [0.3, 0.4) is 0 Å². The fourth-order valence-corrected chi connectivity index (χ4v) is 5.39. The molecule has 9 heteroatoms. The third kappa shape index (κ3) is 3.64.